The molecule has 3 saturated heterocycles. The Morgan fingerprint density at radius 1 is 1.21 bits per heavy atom. The maximum atomic E-state index is 12.2. The normalized spacial score (nSPS) is 54.2. The number of hydrogen-bond donors (Lipinski definition) is 1. The van der Waals surface area contributed by atoms with Gasteiger partial charge < -0.3 is 38.3 Å². The Labute approximate surface area is 167 Å². The van der Waals surface area contributed by atoms with E-state index in [9.17, 15) is 14.7 Å². The van der Waals surface area contributed by atoms with Crippen molar-refractivity contribution in [3.8, 4) is 0 Å². The van der Waals surface area contributed by atoms with Crippen molar-refractivity contribution in [2.45, 2.75) is 56.6 Å². The van der Waals surface area contributed by atoms with E-state index >= 15 is 0 Å². The van der Waals surface area contributed by atoms with Crippen molar-refractivity contribution in [1.82, 2.24) is 0 Å². The van der Waals surface area contributed by atoms with Crippen LogP contribution in [0.3, 0.4) is 0 Å². The molecule has 0 amide bonds. The van der Waals surface area contributed by atoms with Crippen LogP contribution in [-0.2, 0) is 42.7 Å². The Balaban J connectivity index is 1.40. The van der Waals surface area contributed by atoms with E-state index in [4.69, 9.17) is 33.2 Å². The second-order valence-corrected chi connectivity index (χ2v) is 8.51. The van der Waals surface area contributed by atoms with Crippen LogP contribution in [0.2, 0.25) is 0 Å². The van der Waals surface area contributed by atoms with Gasteiger partial charge >= 0.3 is 11.9 Å². The highest BCUT2D eigenvalue weighted by Gasteiger charge is 2.77. The van der Waals surface area contributed by atoms with E-state index in [2.05, 4.69) is 6.92 Å². The van der Waals surface area contributed by atoms with Crippen LogP contribution in [0, 0.1) is 29.6 Å². The maximum Gasteiger partial charge on any atom is 0.316 e. The number of hydrogen-bond acceptors (Lipinski definition) is 10. The van der Waals surface area contributed by atoms with Gasteiger partial charge in [0.25, 0.3) is 0 Å². The van der Waals surface area contributed by atoms with Crippen LogP contribution in [0.4, 0.5) is 0 Å². The zero-order valence-electron chi connectivity index (χ0n) is 16.7. The van der Waals surface area contributed by atoms with Gasteiger partial charge in [0.1, 0.15) is 5.92 Å². The summed E-state index contributed by atoms with van der Waals surface area (Å²) in [4.78, 5) is 23.9. The van der Waals surface area contributed by atoms with Gasteiger partial charge in [-0.25, -0.2) is 0 Å². The number of ether oxygens (including phenoxy) is 7. The Morgan fingerprint density at radius 2 is 1.97 bits per heavy atom. The van der Waals surface area contributed by atoms with Gasteiger partial charge in [-0.05, 0) is 0 Å². The van der Waals surface area contributed by atoms with Gasteiger partial charge in [-0.2, -0.15) is 0 Å². The molecule has 5 fully saturated rings. The first-order chi connectivity index (χ1) is 13.8. The molecule has 2 bridgehead atoms. The zero-order valence-corrected chi connectivity index (χ0v) is 16.7. The molecule has 10 heteroatoms. The fourth-order valence-electron chi connectivity index (χ4n) is 5.92. The lowest BCUT2D eigenvalue weighted by Gasteiger charge is -2.51. The molecule has 8 unspecified atom stereocenters. The summed E-state index contributed by atoms with van der Waals surface area (Å²) in [7, 11) is 2.61. The molecule has 0 aromatic heterocycles. The molecule has 0 aromatic carbocycles. The zero-order chi connectivity index (χ0) is 20.7. The second-order valence-electron chi connectivity index (χ2n) is 8.51. The number of methoxy groups -OCH3 is 2. The molecular formula is C19H26O10. The Hall–Kier alpha value is -1.30. The Morgan fingerprint density at radius 3 is 2.62 bits per heavy atom. The summed E-state index contributed by atoms with van der Waals surface area (Å²) < 4.78 is 39.8. The second kappa shape index (κ2) is 6.60. The molecule has 5 rings (SSSR count). The van der Waals surface area contributed by atoms with Gasteiger partial charge in [0.05, 0.1) is 37.9 Å². The number of aliphatic hydroxyl groups excluding tert-OH is 1. The van der Waals surface area contributed by atoms with E-state index in [0.29, 0.717) is 6.61 Å². The van der Waals surface area contributed by atoms with Crippen molar-refractivity contribution in [3.05, 3.63) is 0 Å². The number of fused-ring (bicyclic) bond motifs is 2. The summed E-state index contributed by atoms with van der Waals surface area (Å²) >= 11 is 0. The lowest BCUT2D eigenvalue weighted by Crippen LogP contribution is -2.70. The smallest absolute Gasteiger partial charge is 0.316 e. The molecule has 0 radical (unpaired) electrons. The van der Waals surface area contributed by atoms with Gasteiger partial charge in [-0.15, -0.1) is 0 Å². The molecule has 10 nitrogen and oxygen atoms in total. The highest BCUT2D eigenvalue weighted by Crippen LogP contribution is 2.59. The summed E-state index contributed by atoms with van der Waals surface area (Å²) in [5, 5.41) is 10.6. The van der Waals surface area contributed by atoms with Crippen LogP contribution in [0.15, 0.2) is 0 Å². The predicted molar refractivity (Wildman–Crippen MR) is 90.8 cm³/mol. The van der Waals surface area contributed by atoms with Crippen molar-refractivity contribution < 1.29 is 47.9 Å². The van der Waals surface area contributed by atoms with Crippen molar-refractivity contribution in [2.24, 2.45) is 29.6 Å². The predicted octanol–water partition coefficient (Wildman–Crippen LogP) is -0.581. The quantitative estimate of drug-likeness (QED) is 0.585. The standard InChI is InChI=1S/C19H26O10/c1-6-9-13-8(5-25-17(6)27-13)14(9)28-18-15(26-7(2)20)10-12(21)11(16(22)23-3)19(10,24-4)29-18/h6,8-15,17-18,21H,5H2,1-4H3/t6?,8?,9?,10?,11?,12-,13?,14+,15?,17+,18+,19?/m0/s1. The fourth-order valence-corrected chi connectivity index (χ4v) is 5.92. The number of esters is 2. The first-order valence-electron chi connectivity index (χ1n) is 9.92. The van der Waals surface area contributed by atoms with Gasteiger partial charge in [0.15, 0.2) is 24.5 Å². The lowest BCUT2D eigenvalue weighted by molar-refractivity contribution is -0.365. The number of carbonyl (C=O) groups is 2. The average Bonchev–Trinajstić information content (AvgIpc) is 2.98. The third-order valence-electron chi connectivity index (χ3n) is 7.28. The third-order valence-corrected chi connectivity index (χ3v) is 7.28. The number of carbonyl (C=O) groups excluding carboxylic acids is 2. The van der Waals surface area contributed by atoms with Gasteiger partial charge in [-0.1, -0.05) is 6.92 Å². The molecule has 2 saturated carbocycles. The maximum absolute atomic E-state index is 12.2. The number of rotatable bonds is 5. The largest absolute Gasteiger partial charge is 0.469 e. The monoisotopic (exact) mass is 414 g/mol. The topological polar surface area (TPSA) is 119 Å². The summed E-state index contributed by atoms with van der Waals surface area (Å²) in [5.41, 5.74) is 0. The minimum Gasteiger partial charge on any atom is -0.469 e. The molecule has 12 atom stereocenters. The average molecular weight is 414 g/mol. The highest BCUT2D eigenvalue weighted by atomic mass is 16.8. The van der Waals surface area contributed by atoms with E-state index in [1.807, 2.05) is 0 Å². The molecule has 2 aliphatic carbocycles. The molecule has 162 valence electrons. The van der Waals surface area contributed by atoms with Crippen LogP contribution < -0.4 is 0 Å². The SMILES string of the molecule is COC(=O)C1[C@@H](O)C2C(OC(C)=O)[C@H](O[C@@H]3C4CO[C@@H]5OC4C3C5C)OC12OC. The van der Waals surface area contributed by atoms with Crippen molar-refractivity contribution in [2.75, 3.05) is 20.8 Å². The summed E-state index contributed by atoms with van der Waals surface area (Å²) in [6, 6.07) is 0. The van der Waals surface area contributed by atoms with E-state index in [0.717, 1.165) is 0 Å². The van der Waals surface area contributed by atoms with Crippen LogP contribution in [-0.4, -0.2) is 80.7 Å². The summed E-state index contributed by atoms with van der Waals surface area (Å²) in [6.07, 6.45) is -3.41. The van der Waals surface area contributed by atoms with Gasteiger partial charge in [0, 0.05) is 31.8 Å². The van der Waals surface area contributed by atoms with E-state index in [1.54, 1.807) is 0 Å². The molecule has 5 aliphatic rings. The van der Waals surface area contributed by atoms with Crippen molar-refractivity contribution in [3.63, 3.8) is 0 Å². The highest BCUT2D eigenvalue weighted by molar-refractivity contribution is 5.76. The molecule has 3 heterocycles. The molecule has 1 N–H and O–H groups in total. The molecular weight excluding hydrogens is 388 g/mol. The first kappa shape index (κ1) is 19.7. The molecule has 29 heavy (non-hydrogen) atoms. The van der Waals surface area contributed by atoms with E-state index in [-0.39, 0.29) is 36.3 Å². The van der Waals surface area contributed by atoms with Crippen molar-refractivity contribution >= 4 is 11.9 Å². The van der Waals surface area contributed by atoms with Gasteiger partial charge in [-0.3, -0.25) is 9.59 Å². The van der Waals surface area contributed by atoms with Crippen molar-refractivity contribution in [1.29, 1.82) is 0 Å². The third kappa shape index (κ3) is 2.44. The van der Waals surface area contributed by atoms with Crippen LogP contribution in [0.5, 0.6) is 0 Å². The van der Waals surface area contributed by atoms with E-state index in [1.165, 1.54) is 21.1 Å². The van der Waals surface area contributed by atoms with Crippen LogP contribution >= 0.6 is 0 Å². The lowest BCUT2D eigenvalue weighted by atomic mass is 9.64. The molecule has 0 spiro atoms. The first-order valence-corrected chi connectivity index (χ1v) is 9.92. The summed E-state index contributed by atoms with van der Waals surface area (Å²) in [5.74, 6) is -4.14. The number of aliphatic hydroxyl groups is 1. The van der Waals surface area contributed by atoms with Gasteiger partial charge in [0.2, 0.25) is 0 Å². The fraction of sp³-hybridized carbons (Fsp3) is 0.895. The molecule has 0 aromatic rings. The van der Waals surface area contributed by atoms with Crippen LogP contribution in [0.1, 0.15) is 13.8 Å². The summed E-state index contributed by atoms with van der Waals surface area (Å²) in [6.45, 7) is 3.86. The van der Waals surface area contributed by atoms with Crippen LogP contribution in [0.25, 0.3) is 0 Å². The minimum atomic E-state index is -1.48. The minimum absolute atomic E-state index is 0.0563. The van der Waals surface area contributed by atoms with E-state index < -0.39 is 48.1 Å². The Bertz CT molecular complexity index is 711. The Kier molecular flexibility index (Phi) is 4.47. The molecule has 3 aliphatic heterocycles.